The minimum atomic E-state index is -3.47. The van der Waals surface area contributed by atoms with Gasteiger partial charge in [0, 0.05) is 5.56 Å². The number of amides is 1. The molecule has 0 aliphatic rings. The maximum Gasteiger partial charge on any atom is 0.322 e. The minimum Gasteiger partial charge on any atom is -0.402 e. The van der Waals surface area contributed by atoms with Gasteiger partial charge < -0.3 is 4.42 Å². The summed E-state index contributed by atoms with van der Waals surface area (Å²) in [5.41, 5.74) is 0.186. The third kappa shape index (κ3) is 3.87. The van der Waals surface area contributed by atoms with Crippen LogP contribution >= 0.6 is 27.3 Å². The van der Waals surface area contributed by atoms with E-state index in [1.807, 2.05) is 12.1 Å². The summed E-state index contributed by atoms with van der Waals surface area (Å²) in [6, 6.07) is 9.43. The van der Waals surface area contributed by atoms with Crippen LogP contribution in [0.15, 0.2) is 49.5 Å². The molecule has 3 rings (SSSR count). The lowest BCUT2D eigenvalue weighted by molar-refractivity contribution is 0.102. The molecule has 10 heteroatoms. The van der Waals surface area contributed by atoms with E-state index in [-0.39, 0.29) is 22.4 Å². The van der Waals surface area contributed by atoms with Gasteiger partial charge in [0.15, 0.2) is 9.84 Å². The molecule has 0 atom stereocenters. The smallest absolute Gasteiger partial charge is 0.322 e. The van der Waals surface area contributed by atoms with Crippen LogP contribution in [-0.4, -0.2) is 29.8 Å². The molecular weight excluding hydrogens is 442 g/mol. The SMILES string of the molecule is CC(C)S(=O)(=O)c1cccc(C(=O)Nc2nnc(-c3ccc(Br)s3)o2)c1. The average Bonchev–Trinajstić information content (AvgIpc) is 3.23. The first kappa shape index (κ1) is 18.7. The Morgan fingerprint density at radius 1 is 1.23 bits per heavy atom. The lowest BCUT2D eigenvalue weighted by Gasteiger charge is -2.09. The van der Waals surface area contributed by atoms with Gasteiger partial charge in [-0.3, -0.25) is 10.1 Å². The lowest BCUT2D eigenvalue weighted by atomic mass is 10.2. The fourth-order valence-electron chi connectivity index (χ4n) is 2.06. The first-order valence-electron chi connectivity index (χ1n) is 7.52. The maximum atomic E-state index is 12.4. The maximum absolute atomic E-state index is 12.4. The Morgan fingerprint density at radius 3 is 2.65 bits per heavy atom. The molecule has 26 heavy (non-hydrogen) atoms. The van der Waals surface area contributed by atoms with Crippen LogP contribution in [0.5, 0.6) is 0 Å². The number of nitrogens with one attached hydrogen (secondary N) is 1. The molecule has 0 saturated heterocycles. The number of aromatic nitrogens is 2. The van der Waals surface area contributed by atoms with Crippen LogP contribution in [-0.2, 0) is 9.84 Å². The molecule has 0 saturated carbocycles. The van der Waals surface area contributed by atoms with Crippen LogP contribution < -0.4 is 5.32 Å². The molecule has 3 aromatic rings. The van der Waals surface area contributed by atoms with Gasteiger partial charge in [-0.1, -0.05) is 11.2 Å². The molecule has 0 fully saturated rings. The van der Waals surface area contributed by atoms with Crippen molar-refractivity contribution in [3.8, 4) is 10.8 Å². The van der Waals surface area contributed by atoms with E-state index in [9.17, 15) is 13.2 Å². The second-order valence-corrected chi connectivity index (χ2v) is 10.6. The number of benzene rings is 1. The van der Waals surface area contributed by atoms with E-state index >= 15 is 0 Å². The van der Waals surface area contributed by atoms with Crippen LogP contribution in [0.4, 0.5) is 6.01 Å². The third-order valence-corrected chi connectivity index (χ3v) is 7.24. The van der Waals surface area contributed by atoms with Gasteiger partial charge in [0.1, 0.15) is 0 Å². The Morgan fingerprint density at radius 2 is 2.00 bits per heavy atom. The van der Waals surface area contributed by atoms with Crippen molar-refractivity contribution in [1.82, 2.24) is 10.2 Å². The molecular formula is C16H14BrN3O4S2. The number of carbonyl (C=O) groups excluding carboxylic acids is 1. The summed E-state index contributed by atoms with van der Waals surface area (Å²) in [6.45, 7) is 3.18. The highest BCUT2D eigenvalue weighted by Crippen LogP contribution is 2.31. The first-order chi connectivity index (χ1) is 12.3. The van der Waals surface area contributed by atoms with Crippen molar-refractivity contribution in [3.63, 3.8) is 0 Å². The van der Waals surface area contributed by atoms with Crippen LogP contribution in [0.2, 0.25) is 0 Å². The number of sulfone groups is 1. The molecule has 2 aromatic heterocycles. The van der Waals surface area contributed by atoms with Gasteiger partial charge in [-0.25, -0.2) is 8.42 Å². The van der Waals surface area contributed by atoms with Crippen molar-refractivity contribution >= 4 is 49.0 Å². The topological polar surface area (TPSA) is 102 Å². The van der Waals surface area contributed by atoms with Crippen LogP contribution in [0, 0.1) is 0 Å². The van der Waals surface area contributed by atoms with Gasteiger partial charge in [0.25, 0.3) is 11.8 Å². The number of hydrogen-bond acceptors (Lipinski definition) is 7. The van der Waals surface area contributed by atoms with E-state index in [4.69, 9.17) is 4.42 Å². The molecule has 1 amide bonds. The molecule has 0 unspecified atom stereocenters. The number of hydrogen-bond donors (Lipinski definition) is 1. The zero-order chi connectivity index (χ0) is 18.9. The Kier molecular flexibility index (Phi) is 5.26. The minimum absolute atomic E-state index is 0.0633. The van der Waals surface area contributed by atoms with Crippen molar-refractivity contribution in [3.05, 3.63) is 45.7 Å². The van der Waals surface area contributed by atoms with Gasteiger partial charge in [-0.05, 0) is 60.1 Å². The molecule has 0 aliphatic heterocycles. The van der Waals surface area contributed by atoms with E-state index in [1.165, 1.54) is 35.6 Å². The molecule has 2 heterocycles. The van der Waals surface area contributed by atoms with Gasteiger partial charge in [0.2, 0.25) is 0 Å². The van der Waals surface area contributed by atoms with Gasteiger partial charge in [-0.2, -0.15) is 0 Å². The lowest BCUT2D eigenvalue weighted by Crippen LogP contribution is -2.16. The monoisotopic (exact) mass is 455 g/mol. The summed E-state index contributed by atoms with van der Waals surface area (Å²) >= 11 is 4.77. The summed E-state index contributed by atoms with van der Waals surface area (Å²) in [6.07, 6.45) is 0. The zero-order valence-electron chi connectivity index (χ0n) is 13.8. The summed E-state index contributed by atoms with van der Waals surface area (Å²) in [5, 5.41) is 9.58. The van der Waals surface area contributed by atoms with Crippen molar-refractivity contribution < 1.29 is 17.6 Å². The van der Waals surface area contributed by atoms with Crippen molar-refractivity contribution in [2.75, 3.05) is 5.32 Å². The summed E-state index contributed by atoms with van der Waals surface area (Å²) in [7, 11) is -3.47. The predicted molar refractivity (Wildman–Crippen MR) is 102 cm³/mol. The average molecular weight is 456 g/mol. The molecule has 7 nitrogen and oxygen atoms in total. The van der Waals surface area contributed by atoms with Crippen molar-refractivity contribution in [1.29, 1.82) is 0 Å². The summed E-state index contributed by atoms with van der Waals surface area (Å²) in [5.74, 6) is -0.250. The van der Waals surface area contributed by atoms with E-state index in [1.54, 1.807) is 13.8 Å². The zero-order valence-corrected chi connectivity index (χ0v) is 17.0. The molecule has 1 aromatic carbocycles. The first-order valence-corrected chi connectivity index (χ1v) is 10.7. The van der Waals surface area contributed by atoms with Gasteiger partial charge >= 0.3 is 6.01 Å². The van der Waals surface area contributed by atoms with E-state index < -0.39 is 21.0 Å². The van der Waals surface area contributed by atoms with Gasteiger partial charge in [-0.15, -0.1) is 16.4 Å². The fraction of sp³-hybridized carbons (Fsp3) is 0.188. The fourth-order valence-corrected chi connectivity index (χ4v) is 4.47. The normalized spacial score (nSPS) is 11.7. The second-order valence-electron chi connectivity index (χ2n) is 5.59. The summed E-state index contributed by atoms with van der Waals surface area (Å²) < 4.78 is 30.8. The quantitative estimate of drug-likeness (QED) is 0.623. The number of carbonyl (C=O) groups is 1. The van der Waals surface area contributed by atoms with Crippen LogP contribution in [0.3, 0.4) is 0 Å². The molecule has 0 radical (unpaired) electrons. The Balaban J connectivity index is 1.80. The Labute approximate surface area is 162 Å². The molecule has 0 spiro atoms. The van der Waals surface area contributed by atoms with Crippen molar-refractivity contribution in [2.45, 2.75) is 24.0 Å². The second kappa shape index (κ2) is 7.29. The Bertz CT molecular complexity index is 1060. The predicted octanol–water partition coefficient (Wildman–Crippen LogP) is 4.00. The standard InChI is InChI=1S/C16H14BrN3O4S2/c1-9(2)26(22,23)11-5-3-4-10(8-11)14(21)18-16-20-19-15(24-16)12-6-7-13(17)25-12/h3-9H,1-2H3,(H,18,20,21). The number of nitrogens with zero attached hydrogens (tertiary/aromatic N) is 2. The third-order valence-electron chi connectivity index (χ3n) is 3.47. The molecule has 136 valence electrons. The van der Waals surface area contributed by atoms with E-state index in [0.29, 0.717) is 0 Å². The number of halogens is 1. The molecule has 1 N–H and O–H groups in total. The highest BCUT2D eigenvalue weighted by molar-refractivity contribution is 9.11. The number of thiophene rings is 1. The van der Waals surface area contributed by atoms with E-state index in [2.05, 4.69) is 31.4 Å². The van der Waals surface area contributed by atoms with E-state index in [0.717, 1.165) is 8.66 Å². The highest BCUT2D eigenvalue weighted by Gasteiger charge is 2.21. The van der Waals surface area contributed by atoms with Crippen LogP contribution in [0.25, 0.3) is 10.8 Å². The van der Waals surface area contributed by atoms with Gasteiger partial charge in [0.05, 0.1) is 18.8 Å². The van der Waals surface area contributed by atoms with Crippen molar-refractivity contribution in [2.24, 2.45) is 0 Å². The number of rotatable bonds is 5. The Hall–Kier alpha value is -2.04. The molecule has 0 aliphatic carbocycles. The number of anilines is 1. The largest absolute Gasteiger partial charge is 0.402 e. The highest BCUT2D eigenvalue weighted by atomic mass is 79.9. The van der Waals surface area contributed by atoms with Crippen LogP contribution in [0.1, 0.15) is 24.2 Å². The molecule has 0 bridgehead atoms. The summed E-state index contributed by atoms with van der Waals surface area (Å²) in [4.78, 5) is 13.2.